The maximum absolute atomic E-state index is 12.4. The number of fused-ring (bicyclic) bond motifs is 1. The van der Waals surface area contributed by atoms with E-state index in [0.717, 1.165) is 30.3 Å². The molecule has 5 heteroatoms. The molecule has 1 amide bonds. The number of carbonyl (C=O) groups excluding carboxylic acids is 1. The van der Waals surface area contributed by atoms with Crippen molar-refractivity contribution in [3.63, 3.8) is 0 Å². The zero-order valence-corrected chi connectivity index (χ0v) is 11.9. The SMILES string of the molecule is CC1CC(NC(=O)c2nn(C)c3ccccc23)CCN1. The summed E-state index contributed by atoms with van der Waals surface area (Å²) < 4.78 is 1.76. The van der Waals surface area contributed by atoms with E-state index in [9.17, 15) is 4.79 Å². The largest absolute Gasteiger partial charge is 0.348 e. The van der Waals surface area contributed by atoms with Crippen molar-refractivity contribution in [2.24, 2.45) is 7.05 Å². The molecule has 2 heterocycles. The predicted molar refractivity (Wildman–Crippen MR) is 78.7 cm³/mol. The number of nitrogens with zero attached hydrogens (tertiary/aromatic N) is 2. The first-order chi connectivity index (χ1) is 9.65. The van der Waals surface area contributed by atoms with E-state index in [-0.39, 0.29) is 11.9 Å². The number of carbonyl (C=O) groups is 1. The Morgan fingerprint density at radius 2 is 2.25 bits per heavy atom. The van der Waals surface area contributed by atoms with Gasteiger partial charge in [-0.3, -0.25) is 9.48 Å². The molecule has 2 atom stereocenters. The van der Waals surface area contributed by atoms with Crippen LogP contribution in [0.25, 0.3) is 10.9 Å². The molecule has 2 aromatic rings. The van der Waals surface area contributed by atoms with Gasteiger partial charge in [-0.05, 0) is 32.4 Å². The van der Waals surface area contributed by atoms with E-state index >= 15 is 0 Å². The van der Waals surface area contributed by atoms with Crippen LogP contribution in [0.4, 0.5) is 0 Å². The summed E-state index contributed by atoms with van der Waals surface area (Å²) in [6.45, 7) is 3.10. The fourth-order valence-electron chi connectivity index (χ4n) is 2.90. The van der Waals surface area contributed by atoms with Crippen LogP contribution >= 0.6 is 0 Å². The van der Waals surface area contributed by atoms with E-state index in [1.165, 1.54) is 0 Å². The van der Waals surface area contributed by atoms with E-state index in [1.54, 1.807) is 4.68 Å². The number of para-hydroxylation sites is 1. The lowest BCUT2D eigenvalue weighted by Crippen LogP contribution is -2.46. The lowest BCUT2D eigenvalue weighted by molar-refractivity contribution is 0.0921. The Kier molecular flexibility index (Phi) is 3.44. The van der Waals surface area contributed by atoms with Crippen molar-refractivity contribution in [1.82, 2.24) is 20.4 Å². The summed E-state index contributed by atoms with van der Waals surface area (Å²) in [7, 11) is 1.87. The summed E-state index contributed by atoms with van der Waals surface area (Å²) in [5, 5.41) is 11.8. The Bertz CT molecular complexity index is 634. The Hall–Kier alpha value is -1.88. The molecule has 20 heavy (non-hydrogen) atoms. The molecule has 0 bridgehead atoms. The molecule has 1 aromatic carbocycles. The standard InChI is InChI=1S/C15H20N4O/c1-10-9-11(7-8-16-10)17-15(20)14-12-5-3-4-6-13(12)19(2)18-14/h3-6,10-11,16H,7-9H2,1-2H3,(H,17,20). The average molecular weight is 272 g/mol. The van der Waals surface area contributed by atoms with Gasteiger partial charge in [0.2, 0.25) is 0 Å². The molecule has 0 saturated carbocycles. The van der Waals surface area contributed by atoms with Gasteiger partial charge in [-0.2, -0.15) is 5.10 Å². The van der Waals surface area contributed by atoms with Gasteiger partial charge in [-0.1, -0.05) is 18.2 Å². The molecule has 1 aliphatic heterocycles. The second-order valence-corrected chi connectivity index (χ2v) is 5.54. The van der Waals surface area contributed by atoms with E-state index in [1.807, 2.05) is 31.3 Å². The maximum atomic E-state index is 12.4. The van der Waals surface area contributed by atoms with Gasteiger partial charge in [-0.15, -0.1) is 0 Å². The Morgan fingerprint density at radius 3 is 3.05 bits per heavy atom. The summed E-state index contributed by atoms with van der Waals surface area (Å²) in [5.74, 6) is -0.0686. The number of benzene rings is 1. The first kappa shape index (κ1) is 13.1. The van der Waals surface area contributed by atoms with Gasteiger partial charge in [0.1, 0.15) is 0 Å². The fraction of sp³-hybridized carbons (Fsp3) is 0.467. The van der Waals surface area contributed by atoms with Crippen molar-refractivity contribution < 1.29 is 4.79 Å². The summed E-state index contributed by atoms with van der Waals surface area (Å²) in [6.07, 6.45) is 1.94. The van der Waals surface area contributed by atoms with E-state index in [4.69, 9.17) is 0 Å². The molecule has 1 aliphatic rings. The lowest BCUT2D eigenvalue weighted by atomic mass is 10.0. The maximum Gasteiger partial charge on any atom is 0.272 e. The molecular formula is C15H20N4O. The molecule has 1 aromatic heterocycles. The second-order valence-electron chi connectivity index (χ2n) is 5.54. The highest BCUT2D eigenvalue weighted by molar-refractivity contribution is 6.04. The summed E-state index contributed by atoms with van der Waals surface area (Å²) >= 11 is 0. The molecule has 0 spiro atoms. The minimum absolute atomic E-state index is 0.0686. The van der Waals surface area contributed by atoms with Crippen LogP contribution < -0.4 is 10.6 Å². The number of aryl methyl sites for hydroxylation is 1. The van der Waals surface area contributed by atoms with Crippen molar-refractivity contribution in [3.8, 4) is 0 Å². The topological polar surface area (TPSA) is 59.0 Å². The molecule has 3 rings (SSSR count). The third-order valence-corrected chi connectivity index (χ3v) is 3.93. The van der Waals surface area contributed by atoms with Gasteiger partial charge in [0.25, 0.3) is 5.91 Å². The number of amides is 1. The summed E-state index contributed by atoms with van der Waals surface area (Å²) in [6, 6.07) is 8.51. The van der Waals surface area contributed by atoms with Gasteiger partial charge < -0.3 is 10.6 Å². The molecule has 0 radical (unpaired) electrons. The molecule has 2 N–H and O–H groups in total. The van der Waals surface area contributed by atoms with Gasteiger partial charge in [0.15, 0.2) is 5.69 Å². The third-order valence-electron chi connectivity index (χ3n) is 3.93. The van der Waals surface area contributed by atoms with Gasteiger partial charge in [-0.25, -0.2) is 0 Å². The van der Waals surface area contributed by atoms with Gasteiger partial charge >= 0.3 is 0 Å². The molecule has 106 valence electrons. The average Bonchev–Trinajstić information content (AvgIpc) is 2.77. The first-order valence-electron chi connectivity index (χ1n) is 7.11. The van der Waals surface area contributed by atoms with Crippen LogP contribution in [0, 0.1) is 0 Å². The van der Waals surface area contributed by atoms with Crippen LogP contribution in [-0.4, -0.2) is 34.3 Å². The van der Waals surface area contributed by atoms with Crippen LogP contribution in [0.2, 0.25) is 0 Å². The first-order valence-corrected chi connectivity index (χ1v) is 7.11. The van der Waals surface area contributed by atoms with Crippen LogP contribution in [-0.2, 0) is 7.05 Å². The number of hydrogen-bond acceptors (Lipinski definition) is 3. The van der Waals surface area contributed by atoms with Gasteiger partial charge in [0, 0.05) is 24.5 Å². The fourth-order valence-corrected chi connectivity index (χ4v) is 2.90. The Morgan fingerprint density at radius 1 is 1.45 bits per heavy atom. The highest BCUT2D eigenvalue weighted by atomic mass is 16.2. The zero-order valence-electron chi connectivity index (χ0n) is 11.9. The van der Waals surface area contributed by atoms with Crippen LogP contribution in [0.1, 0.15) is 30.3 Å². The molecule has 2 unspecified atom stereocenters. The molecular weight excluding hydrogens is 252 g/mol. The minimum atomic E-state index is -0.0686. The predicted octanol–water partition coefficient (Wildman–Crippen LogP) is 1.44. The highest BCUT2D eigenvalue weighted by Crippen LogP contribution is 2.18. The molecule has 1 saturated heterocycles. The lowest BCUT2D eigenvalue weighted by Gasteiger charge is -2.28. The number of nitrogens with one attached hydrogen (secondary N) is 2. The highest BCUT2D eigenvalue weighted by Gasteiger charge is 2.22. The molecule has 1 fully saturated rings. The summed E-state index contributed by atoms with van der Waals surface area (Å²) in [4.78, 5) is 12.4. The van der Waals surface area contributed by atoms with Crippen molar-refractivity contribution in [1.29, 1.82) is 0 Å². The quantitative estimate of drug-likeness (QED) is 0.870. The molecule has 0 aliphatic carbocycles. The number of aromatic nitrogens is 2. The normalized spacial score (nSPS) is 22.9. The molecule has 5 nitrogen and oxygen atoms in total. The summed E-state index contributed by atoms with van der Waals surface area (Å²) in [5.41, 5.74) is 1.51. The second kappa shape index (κ2) is 5.25. The number of rotatable bonds is 2. The van der Waals surface area contributed by atoms with Gasteiger partial charge in [0.05, 0.1) is 5.52 Å². The number of piperidine rings is 1. The van der Waals surface area contributed by atoms with Crippen LogP contribution in [0.3, 0.4) is 0 Å². The van der Waals surface area contributed by atoms with Crippen LogP contribution in [0.15, 0.2) is 24.3 Å². The van der Waals surface area contributed by atoms with Crippen molar-refractivity contribution >= 4 is 16.8 Å². The van der Waals surface area contributed by atoms with Crippen LogP contribution in [0.5, 0.6) is 0 Å². The zero-order chi connectivity index (χ0) is 14.1. The Balaban J connectivity index is 1.82. The van der Waals surface area contributed by atoms with Crippen molar-refractivity contribution in [2.75, 3.05) is 6.54 Å². The van der Waals surface area contributed by atoms with E-state index < -0.39 is 0 Å². The smallest absolute Gasteiger partial charge is 0.272 e. The van der Waals surface area contributed by atoms with E-state index in [0.29, 0.717) is 11.7 Å². The van der Waals surface area contributed by atoms with Crippen molar-refractivity contribution in [2.45, 2.75) is 31.8 Å². The minimum Gasteiger partial charge on any atom is -0.348 e. The third kappa shape index (κ3) is 2.41. The Labute approximate surface area is 118 Å². The monoisotopic (exact) mass is 272 g/mol. The van der Waals surface area contributed by atoms with Crippen molar-refractivity contribution in [3.05, 3.63) is 30.0 Å². The number of hydrogen-bond donors (Lipinski definition) is 2. The van der Waals surface area contributed by atoms with E-state index in [2.05, 4.69) is 22.7 Å².